The summed E-state index contributed by atoms with van der Waals surface area (Å²) in [6.45, 7) is 3.17. The summed E-state index contributed by atoms with van der Waals surface area (Å²) in [5.41, 5.74) is 0. The second-order valence-electron chi connectivity index (χ2n) is 4.21. The molecule has 0 radical (unpaired) electrons. The van der Waals surface area contributed by atoms with E-state index < -0.39 is 0 Å². The maximum absolute atomic E-state index is 12.2. The molecule has 1 heterocycles. The molecule has 2 fully saturated rings. The van der Waals surface area contributed by atoms with Gasteiger partial charge < -0.3 is 14.5 Å². The number of urea groups is 1. The molecule has 0 bridgehead atoms. The normalized spacial score (nSPS) is 20.3. The van der Waals surface area contributed by atoms with E-state index in [1.807, 2.05) is 9.80 Å². The number of nitriles is 1. The van der Waals surface area contributed by atoms with Crippen LogP contribution in [-0.4, -0.2) is 54.7 Å². The van der Waals surface area contributed by atoms with Crippen molar-refractivity contribution in [3.63, 3.8) is 0 Å². The van der Waals surface area contributed by atoms with Crippen LogP contribution < -0.4 is 0 Å². The molecule has 0 unspecified atom stereocenters. The molecule has 1 aliphatic heterocycles. The van der Waals surface area contributed by atoms with Crippen LogP contribution in [0.2, 0.25) is 0 Å². The van der Waals surface area contributed by atoms with Gasteiger partial charge in [0.15, 0.2) is 0 Å². The minimum Gasteiger partial charge on any atom is -0.378 e. The Morgan fingerprint density at radius 1 is 1.44 bits per heavy atom. The van der Waals surface area contributed by atoms with E-state index in [2.05, 4.69) is 6.07 Å². The maximum Gasteiger partial charge on any atom is 0.320 e. The first-order chi connectivity index (χ1) is 7.83. The van der Waals surface area contributed by atoms with Gasteiger partial charge in [0.25, 0.3) is 0 Å². The van der Waals surface area contributed by atoms with Crippen LogP contribution in [0.15, 0.2) is 0 Å². The molecule has 1 saturated carbocycles. The highest BCUT2D eigenvalue weighted by atomic mass is 16.5. The molecule has 1 saturated heterocycles. The number of amides is 2. The maximum atomic E-state index is 12.2. The summed E-state index contributed by atoms with van der Waals surface area (Å²) in [4.78, 5) is 15.9. The zero-order chi connectivity index (χ0) is 11.4. The van der Waals surface area contributed by atoms with Crippen molar-refractivity contribution >= 4 is 6.03 Å². The van der Waals surface area contributed by atoms with Crippen LogP contribution in [0.1, 0.15) is 19.3 Å². The lowest BCUT2D eigenvalue weighted by Crippen LogP contribution is -2.49. The van der Waals surface area contributed by atoms with Gasteiger partial charge in [0.05, 0.1) is 25.7 Å². The smallest absolute Gasteiger partial charge is 0.320 e. The monoisotopic (exact) mass is 223 g/mol. The Kier molecular flexibility index (Phi) is 3.62. The molecule has 0 aromatic rings. The summed E-state index contributed by atoms with van der Waals surface area (Å²) < 4.78 is 5.22. The standard InChI is InChI=1S/C11H17N3O2/c12-4-1-5-14(10-2-3-10)11(15)13-6-8-16-9-7-13/h10H,1-3,5-9H2. The Morgan fingerprint density at radius 2 is 2.12 bits per heavy atom. The number of ether oxygens (including phenoxy) is 1. The van der Waals surface area contributed by atoms with Crippen molar-refractivity contribution < 1.29 is 9.53 Å². The molecule has 0 aromatic heterocycles. The second kappa shape index (κ2) is 5.17. The highest BCUT2D eigenvalue weighted by molar-refractivity contribution is 5.75. The van der Waals surface area contributed by atoms with Crippen LogP contribution >= 0.6 is 0 Å². The molecule has 88 valence electrons. The molecule has 16 heavy (non-hydrogen) atoms. The lowest BCUT2D eigenvalue weighted by Gasteiger charge is -2.32. The Balaban J connectivity index is 1.90. The Morgan fingerprint density at radius 3 is 2.69 bits per heavy atom. The Bertz CT molecular complexity index is 290. The van der Waals surface area contributed by atoms with Crippen molar-refractivity contribution in [1.29, 1.82) is 5.26 Å². The first-order valence-electron chi connectivity index (χ1n) is 5.83. The average Bonchev–Trinajstić information content (AvgIpc) is 3.15. The zero-order valence-electron chi connectivity index (χ0n) is 9.39. The third-order valence-electron chi connectivity index (χ3n) is 2.98. The number of hydrogen-bond acceptors (Lipinski definition) is 3. The number of rotatable bonds is 3. The van der Waals surface area contributed by atoms with E-state index in [1.54, 1.807) is 0 Å². The van der Waals surface area contributed by atoms with Crippen LogP contribution in [0.5, 0.6) is 0 Å². The molecule has 0 atom stereocenters. The predicted molar refractivity (Wildman–Crippen MR) is 57.7 cm³/mol. The van der Waals surface area contributed by atoms with Crippen LogP contribution in [0.4, 0.5) is 4.79 Å². The quantitative estimate of drug-likeness (QED) is 0.711. The summed E-state index contributed by atoms with van der Waals surface area (Å²) in [7, 11) is 0. The summed E-state index contributed by atoms with van der Waals surface area (Å²) in [6, 6.07) is 2.56. The molecule has 1 aliphatic carbocycles. The minimum absolute atomic E-state index is 0.0843. The molecule has 2 amide bonds. The SMILES string of the molecule is N#CCCN(C(=O)N1CCOCC1)C1CC1. The minimum atomic E-state index is 0.0843. The number of morpholine rings is 1. The van der Waals surface area contributed by atoms with E-state index in [0.717, 1.165) is 12.8 Å². The number of hydrogen-bond donors (Lipinski definition) is 0. The first kappa shape index (κ1) is 11.2. The largest absolute Gasteiger partial charge is 0.378 e. The molecule has 2 aliphatic rings. The van der Waals surface area contributed by atoms with Crippen LogP contribution in [-0.2, 0) is 4.74 Å². The Hall–Kier alpha value is -1.28. The molecular formula is C11H17N3O2. The third-order valence-corrected chi connectivity index (χ3v) is 2.98. The summed E-state index contributed by atoms with van der Waals surface area (Å²) in [5.74, 6) is 0. The van der Waals surface area contributed by atoms with Gasteiger partial charge in [-0.05, 0) is 12.8 Å². The van der Waals surface area contributed by atoms with Gasteiger partial charge in [-0.1, -0.05) is 0 Å². The lowest BCUT2D eigenvalue weighted by atomic mass is 10.3. The Labute approximate surface area is 95.6 Å². The van der Waals surface area contributed by atoms with E-state index in [-0.39, 0.29) is 6.03 Å². The lowest BCUT2D eigenvalue weighted by molar-refractivity contribution is 0.0427. The average molecular weight is 223 g/mol. The summed E-state index contributed by atoms with van der Waals surface area (Å²) in [5, 5.41) is 8.59. The molecule has 5 heteroatoms. The highest BCUT2D eigenvalue weighted by Gasteiger charge is 2.34. The van der Waals surface area contributed by atoms with E-state index in [1.165, 1.54) is 0 Å². The topological polar surface area (TPSA) is 56.6 Å². The summed E-state index contributed by atoms with van der Waals surface area (Å²) >= 11 is 0. The van der Waals surface area contributed by atoms with Gasteiger partial charge in [-0.3, -0.25) is 0 Å². The fraction of sp³-hybridized carbons (Fsp3) is 0.818. The molecule has 5 nitrogen and oxygen atoms in total. The van der Waals surface area contributed by atoms with E-state index in [4.69, 9.17) is 10.00 Å². The molecule has 0 N–H and O–H groups in total. The fourth-order valence-electron chi connectivity index (χ4n) is 1.93. The molecular weight excluding hydrogens is 206 g/mol. The van der Waals surface area contributed by atoms with Crippen molar-refractivity contribution in [1.82, 2.24) is 9.80 Å². The molecule has 2 rings (SSSR count). The van der Waals surface area contributed by atoms with Crippen LogP contribution in [0, 0.1) is 11.3 Å². The van der Waals surface area contributed by atoms with Crippen LogP contribution in [0.3, 0.4) is 0 Å². The van der Waals surface area contributed by atoms with Gasteiger partial charge in [-0.25, -0.2) is 4.79 Å². The van der Waals surface area contributed by atoms with Crippen molar-refractivity contribution in [2.24, 2.45) is 0 Å². The van der Waals surface area contributed by atoms with Gasteiger partial charge in [-0.15, -0.1) is 0 Å². The summed E-state index contributed by atoms with van der Waals surface area (Å²) in [6.07, 6.45) is 2.59. The highest BCUT2D eigenvalue weighted by Crippen LogP contribution is 2.28. The van der Waals surface area contributed by atoms with Crippen LogP contribution in [0.25, 0.3) is 0 Å². The number of nitrogens with zero attached hydrogens (tertiary/aromatic N) is 3. The molecule has 0 spiro atoms. The third kappa shape index (κ3) is 2.64. The van der Waals surface area contributed by atoms with Gasteiger partial charge in [0.1, 0.15) is 0 Å². The van der Waals surface area contributed by atoms with Crippen molar-refractivity contribution in [3.8, 4) is 6.07 Å². The van der Waals surface area contributed by atoms with E-state index in [0.29, 0.717) is 45.3 Å². The molecule has 0 aromatic carbocycles. The first-order valence-corrected chi connectivity index (χ1v) is 5.83. The van der Waals surface area contributed by atoms with Crippen molar-refractivity contribution in [2.75, 3.05) is 32.8 Å². The number of carbonyl (C=O) groups excluding carboxylic acids is 1. The van der Waals surface area contributed by atoms with Gasteiger partial charge in [0, 0.05) is 25.7 Å². The van der Waals surface area contributed by atoms with Gasteiger partial charge in [0.2, 0.25) is 0 Å². The van der Waals surface area contributed by atoms with Gasteiger partial charge >= 0.3 is 6.03 Å². The van der Waals surface area contributed by atoms with Crippen molar-refractivity contribution in [3.05, 3.63) is 0 Å². The second-order valence-corrected chi connectivity index (χ2v) is 4.21. The van der Waals surface area contributed by atoms with E-state index >= 15 is 0 Å². The zero-order valence-corrected chi connectivity index (χ0v) is 9.39. The van der Waals surface area contributed by atoms with E-state index in [9.17, 15) is 4.79 Å². The number of carbonyl (C=O) groups is 1. The van der Waals surface area contributed by atoms with Gasteiger partial charge in [-0.2, -0.15) is 5.26 Å². The predicted octanol–water partition coefficient (Wildman–Crippen LogP) is 0.817. The fourth-order valence-corrected chi connectivity index (χ4v) is 1.93. The van der Waals surface area contributed by atoms with Crippen molar-refractivity contribution in [2.45, 2.75) is 25.3 Å².